The topological polar surface area (TPSA) is 6.48 Å². The summed E-state index contributed by atoms with van der Waals surface area (Å²) >= 11 is 0. The van der Waals surface area contributed by atoms with Crippen LogP contribution in [0, 0.1) is 0 Å². The molecule has 148 valence electrons. The third kappa shape index (κ3) is 10.8. The maximum absolute atomic E-state index is 2.58. The van der Waals surface area contributed by atoms with E-state index >= 15 is 0 Å². The Balaban J connectivity index is 1.97. The molecule has 1 atom stereocenters. The average Bonchev–Trinajstić information content (AvgIpc) is 2.96. The normalized spacial score (nSPS) is 17.0. The molecule has 0 amide bonds. The Hall–Kier alpha value is -0.660. The first-order chi connectivity index (χ1) is 12.3. The van der Waals surface area contributed by atoms with Gasteiger partial charge in [0.1, 0.15) is 6.17 Å². The number of rotatable bonds is 17. The van der Waals surface area contributed by atoms with E-state index in [2.05, 4.69) is 43.1 Å². The summed E-state index contributed by atoms with van der Waals surface area (Å²) < 4.78 is 0. The number of nitrogens with zero attached hydrogens (tertiary/aromatic N) is 2. The third-order valence-electron chi connectivity index (χ3n) is 5.68. The molecule has 0 aliphatic carbocycles. The minimum Gasteiger partial charge on any atom is -0.359 e. The van der Waals surface area contributed by atoms with Crippen LogP contribution in [0.4, 0.5) is 0 Å². The molecule has 0 saturated carbocycles. The van der Waals surface area contributed by atoms with Gasteiger partial charge in [-0.25, -0.2) is 0 Å². The maximum Gasteiger partial charge on any atom is 0.100 e. The largest absolute Gasteiger partial charge is 0.359 e. The van der Waals surface area contributed by atoms with Gasteiger partial charge in [0, 0.05) is 26.0 Å². The number of hydrogen-bond acceptors (Lipinski definition) is 2. The molecule has 1 aliphatic rings. The van der Waals surface area contributed by atoms with Gasteiger partial charge in [-0.2, -0.15) is 0 Å². The van der Waals surface area contributed by atoms with Gasteiger partial charge in [-0.15, -0.1) is 0 Å². The van der Waals surface area contributed by atoms with Crippen LogP contribution >= 0.6 is 0 Å². The predicted octanol–water partition coefficient (Wildman–Crippen LogP) is 7.31. The zero-order chi connectivity index (χ0) is 18.2. The van der Waals surface area contributed by atoms with Crippen molar-refractivity contribution in [3.05, 3.63) is 12.4 Å². The smallest absolute Gasteiger partial charge is 0.100 e. The van der Waals surface area contributed by atoms with Gasteiger partial charge in [0.05, 0.1) is 0 Å². The standard InChI is InChI=1S/C23H46N2/c1-4-6-8-10-11-12-13-14-15-16-17-19-23-24(3)21-22-25(23)20-18-9-7-5-2/h21-23H,4-20H2,1-3H3. The quantitative estimate of drug-likeness (QED) is 0.254. The van der Waals surface area contributed by atoms with Crippen molar-refractivity contribution in [1.29, 1.82) is 0 Å². The first kappa shape index (κ1) is 22.4. The highest BCUT2D eigenvalue weighted by molar-refractivity contribution is 4.95. The zero-order valence-electron chi connectivity index (χ0n) is 17.6. The molecule has 0 radical (unpaired) electrons. The lowest BCUT2D eigenvalue weighted by molar-refractivity contribution is 0.159. The molecule has 0 spiro atoms. The first-order valence-electron chi connectivity index (χ1n) is 11.5. The lowest BCUT2D eigenvalue weighted by atomic mass is 10.0. The Morgan fingerprint density at radius 1 is 0.600 bits per heavy atom. The second-order valence-electron chi connectivity index (χ2n) is 8.07. The van der Waals surface area contributed by atoms with E-state index in [0.29, 0.717) is 6.17 Å². The van der Waals surface area contributed by atoms with Crippen molar-refractivity contribution in [2.45, 2.75) is 123 Å². The minimum atomic E-state index is 0.625. The SMILES string of the molecule is CCCCCCCCCCCCCC1N(C)C=CN1CCCCCC. The van der Waals surface area contributed by atoms with Gasteiger partial charge in [-0.05, 0) is 19.3 Å². The molecule has 0 fully saturated rings. The van der Waals surface area contributed by atoms with Crippen LogP contribution in [0.15, 0.2) is 12.4 Å². The summed E-state index contributed by atoms with van der Waals surface area (Å²) in [7, 11) is 2.24. The minimum absolute atomic E-state index is 0.625. The van der Waals surface area contributed by atoms with Crippen molar-refractivity contribution in [2.75, 3.05) is 13.6 Å². The fraction of sp³-hybridized carbons (Fsp3) is 0.913. The Bertz CT molecular complexity index is 313. The summed E-state index contributed by atoms with van der Waals surface area (Å²) in [5, 5.41) is 0. The highest BCUT2D eigenvalue weighted by atomic mass is 15.4. The Kier molecular flexibility index (Phi) is 14.0. The molecule has 1 rings (SSSR count). The van der Waals surface area contributed by atoms with Gasteiger partial charge in [-0.1, -0.05) is 97.3 Å². The third-order valence-corrected chi connectivity index (χ3v) is 5.68. The van der Waals surface area contributed by atoms with Crippen LogP contribution < -0.4 is 0 Å². The van der Waals surface area contributed by atoms with E-state index in [4.69, 9.17) is 0 Å². The number of unbranched alkanes of at least 4 members (excludes halogenated alkanes) is 13. The number of hydrogen-bond donors (Lipinski definition) is 0. The molecule has 2 nitrogen and oxygen atoms in total. The first-order valence-corrected chi connectivity index (χ1v) is 11.5. The van der Waals surface area contributed by atoms with Crippen LogP contribution in [0.5, 0.6) is 0 Å². The fourth-order valence-corrected chi connectivity index (χ4v) is 3.93. The summed E-state index contributed by atoms with van der Waals surface area (Å²) in [5.74, 6) is 0. The average molecular weight is 351 g/mol. The Morgan fingerprint density at radius 3 is 1.64 bits per heavy atom. The van der Waals surface area contributed by atoms with Gasteiger partial charge in [0.25, 0.3) is 0 Å². The molecule has 0 aromatic rings. The van der Waals surface area contributed by atoms with Crippen LogP contribution in [0.25, 0.3) is 0 Å². The molecule has 2 heteroatoms. The molecule has 25 heavy (non-hydrogen) atoms. The van der Waals surface area contributed by atoms with Crippen LogP contribution in [0.1, 0.15) is 117 Å². The molecular formula is C23H46N2. The van der Waals surface area contributed by atoms with E-state index in [1.807, 2.05) is 0 Å². The molecular weight excluding hydrogens is 304 g/mol. The van der Waals surface area contributed by atoms with Gasteiger partial charge >= 0.3 is 0 Å². The summed E-state index contributed by atoms with van der Waals surface area (Å²) in [6, 6.07) is 0. The van der Waals surface area contributed by atoms with E-state index in [-0.39, 0.29) is 0 Å². The molecule has 0 aromatic carbocycles. The predicted molar refractivity (Wildman–Crippen MR) is 113 cm³/mol. The lowest BCUT2D eigenvalue weighted by Gasteiger charge is -2.30. The van der Waals surface area contributed by atoms with Crippen LogP contribution in [0.2, 0.25) is 0 Å². The highest BCUT2D eigenvalue weighted by Gasteiger charge is 2.22. The summed E-state index contributed by atoms with van der Waals surface area (Å²) in [4.78, 5) is 4.99. The van der Waals surface area contributed by atoms with Crippen molar-refractivity contribution >= 4 is 0 Å². The molecule has 0 bridgehead atoms. The van der Waals surface area contributed by atoms with Crippen molar-refractivity contribution in [2.24, 2.45) is 0 Å². The van der Waals surface area contributed by atoms with Crippen molar-refractivity contribution in [3.8, 4) is 0 Å². The highest BCUT2D eigenvalue weighted by Crippen LogP contribution is 2.21. The van der Waals surface area contributed by atoms with E-state index in [1.165, 1.54) is 109 Å². The van der Waals surface area contributed by atoms with E-state index in [9.17, 15) is 0 Å². The monoisotopic (exact) mass is 350 g/mol. The molecule has 0 N–H and O–H groups in total. The van der Waals surface area contributed by atoms with E-state index < -0.39 is 0 Å². The fourth-order valence-electron chi connectivity index (χ4n) is 3.93. The second kappa shape index (κ2) is 15.6. The molecule has 0 saturated heterocycles. The maximum atomic E-state index is 2.58. The van der Waals surface area contributed by atoms with Crippen LogP contribution in [-0.2, 0) is 0 Å². The summed E-state index contributed by atoms with van der Waals surface area (Å²) in [6.45, 7) is 5.83. The van der Waals surface area contributed by atoms with Crippen molar-refractivity contribution in [3.63, 3.8) is 0 Å². The van der Waals surface area contributed by atoms with Gasteiger partial charge in [0.15, 0.2) is 0 Å². The van der Waals surface area contributed by atoms with E-state index in [1.54, 1.807) is 0 Å². The Morgan fingerprint density at radius 2 is 1.08 bits per heavy atom. The molecule has 1 aliphatic heterocycles. The van der Waals surface area contributed by atoms with Crippen molar-refractivity contribution < 1.29 is 0 Å². The van der Waals surface area contributed by atoms with Gasteiger partial charge in [0.2, 0.25) is 0 Å². The summed E-state index contributed by atoms with van der Waals surface area (Å²) in [5.41, 5.74) is 0. The van der Waals surface area contributed by atoms with Gasteiger partial charge < -0.3 is 9.80 Å². The zero-order valence-corrected chi connectivity index (χ0v) is 17.6. The lowest BCUT2D eigenvalue weighted by Crippen LogP contribution is -2.37. The van der Waals surface area contributed by atoms with E-state index in [0.717, 1.165) is 0 Å². The Labute approximate surface area is 159 Å². The summed E-state index contributed by atoms with van der Waals surface area (Å²) in [6.07, 6.45) is 27.8. The second-order valence-corrected chi connectivity index (χ2v) is 8.07. The van der Waals surface area contributed by atoms with Crippen LogP contribution in [-0.4, -0.2) is 29.6 Å². The van der Waals surface area contributed by atoms with Crippen molar-refractivity contribution in [1.82, 2.24) is 9.80 Å². The van der Waals surface area contributed by atoms with Crippen LogP contribution in [0.3, 0.4) is 0 Å². The van der Waals surface area contributed by atoms with Gasteiger partial charge in [-0.3, -0.25) is 0 Å². The molecule has 1 unspecified atom stereocenters. The molecule has 1 heterocycles. The molecule has 0 aromatic heterocycles.